The van der Waals surface area contributed by atoms with Crippen LogP contribution in [0.15, 0.2) is 12.1 Å². The van der Waals surface area contributed by atoms with E-state index < -0.39 is 0 Å². The molecule has 7 heteroatoms. The molecular formula is C15H19Cl3N2O2. The van der Waals surface area contributed by atoms with Crippen molar-refractivity contribution in [3.05, 3.63) is 27.2 Å². The highest BCUT2D eigenvalue weighted by atomic mass is 35.5. The number of nitrogens with one attached hydrogen (secondary N) is 1. The molecule has 1 saturated heterocycles. The first-order valence-corrected chi connectivity index (χ1v) is 8.34. The Kier molecular flexibility index (Phi) is 6.63. The quantitative estimate of drug-likeness (QED) is 0.812. The van der Waals surface area contributed by atoms with Gasteiger partial charge < -0.3 is 15.0 Å². The van der Waals surface area contributed by atoms with Crippen LogP contribution in [0, 0.1) is 5.92 Å². The van der Waals surface area contributed by atoms with Gasteiger partial charge in [-0.3, -0.25) is 4.79 Å². The number of amides is 1. The summed E-state index contributed by atoms with van der Waals surface area (Å²) in [5.74, 6) is 0.826. The van der Waals surface area contributed by atoms with Gasteiger partial charge in [0, 0.05) is 19.2 Å². The highest BCUT2D eigenvalue weighted by Gasteiger charge is 2.23. The summed E-state index contributed by atoms with van der Waals surface area (Å²) >= 11 is 17.8. The number of hydrogen-bond donors (Lipinski definition) is 1. The Morgan fingerprint density at radius 3 is 2.77 bits per heavy atom. The molecule has 1 aliphatic heterocycles. The highest BCUT2D eigenvalue weighted by Crippen LogP contribution is 2.33. The summed E-state index contributed by atoms with van der Waals surface area (Å²) in [6, 6.07) is 3.04. The van der Waals surface area contributed by atoms with Gasteiger partial charge in [-0.1, -0.05) is 34.8 Å². The molecule has 0 bridgehead atoms. The average molecular weight is 366 g/mol. The standard InChI is InChI=1S/C15H19Cl3N2O2/c1-19-7-10-3-2-4-20(8-10)15(21)9-22-14-6-12(17)11(16)5-13(14)18/h5-6,10,19H,2-4,7-9H2,1H3. The van der Waals surface area contributed by atoms with Crippen molar-refractivity contribution in [3.63, 3.8) is 0 Å². The third-order valence-corrected chi connectivity index (χ3v) is 4.71. The van der Waals surface area contributed by atoms with E-state index in [1.807, 2.05) is 11.9 Å². The first-order valence-electron chi connectivity index (χ1n) is 7.21. The molecule has 0 aliphatic carbocycles. The van der Waals surface area contributed by atoms with Gasteiger partial charge in [-0.15, -0.1) is 0 Å². The van der Waals surface area contributed by atoms with E-state index in [1.165, 1.54) is 12.1 Å². The SMILES string of the molecule is CNCC1CCCN(C(=O)COc2cc(Cl)c(Cl)cc2Cl)C1. The molecule has 1 unspecified atom stereocenters. The summed E-state index contributed by atoms with van der Waals surface area (Å²) in [7, 11) is 1.93. The second-order valence-corrected chi connectivity index (χ2v) is 6.61. The summed E-state index contributed by atoms with van der Waals surface area (Å²) < 4.78 is 5.50. The lowest BCUT2D eigenvalue weighted by Crippen LogP contribution is -2.44. The van der Waals surface area contributed by atoms with Crippen molar-refractivity contribution in [2.24, 2.45) is 5.92 Å². The zero-order chi connectivity index (χ0) is 16.1. The number of likely N-dealkylation sites (tertiary alicyclic amines) is 1. The molecule has 4 nitrogen and oxygen atoms in total. The number of halogens is 3. The molecule has 1 heterocycles. The lowest BCUT2D eigenvalue weighted by molar-refractivity contribution is -0.135. The van der Waals surface area contributed by atoms with E-state index >= 15 is 0 Å². The van der Waals surface area contributed by atoms with Gasteiger partial charge >= 0.3 is 0 Å². The van der Waals surface area contributed by atoms with Crippen molar-refractivity contribution in [2.45, 2.75) is 12.8 Å². The molecule has 1 amide bonds. The number of benzene rings is 1. The fourth-order valence-electron chi connectivity index (χ4n) is 2.59. The van der Waals surface area contributed by atoms with Crippen LogP contribution in [0.4, 0.5) is 0 Å². The molecule has 0 radical (unpaired) electrons. The lowest BCUT2D eigenvalue weighted by Gasteiger charge is -2.32. The third-order valence-electron chi connectivity index (χ3n) is 3.69. The largest absolute Gasteiger partial charge is 0.482 e. The second kappa shape index (κ2) is 8.25. The minimum atomic E-state index is -0.0516. The van der Waals surface area contributed by atoms with Crippen molar-refractivity contribution in [1.29, 1.82) is 0 Å². The van der Waals surface area contributed by atoms with Gasteiger partial charge in [-0.05, 0) is 38.4 Å². The molecule has 0 spiro atoms. The van der Waals surface area contributed by atoms with Gasteiger partial charge in [-0.2, -0.15) is 0 Å². The van der Waals surface area contributed by atoms with Crippen molar-refractivity contribution in [1.82, 2.24) is 10.2 Å². The molecule has 122 valence electrons. The summed E-state index contributed by atoms with van der Waals surface area (Å²) in [6.07, 6.45) is 2.16. The fourth-order valence-corrected chi connectivity index (χ4v) is 3.18. The molecule has 1 fully saturated rings. The van der Waals surface area contributed by atoms with E-state index in [9.17, 15) is 4.79 Å². The minimum Gasteiger partial charge on any atom is -0.482 e. The molecule has 1 N–H and O–H groups in total. The normalized spacial score (nSPS) is 18.4. The highest BCUT2D eigenvalue weighted by molar-refractivity contribution is 6.43. The number of carbonyl (C=O) groups excluding carboxylic acids is 1. The van der Waals surface area contributed by atoms with E-state index in [0.29, 0.717) is 26.7 Å². The Bertz CT molecular complexity index is 538. The molecule has 1 aliphatic rings. The second-order valence-electron chi connectivity index (χ2n) is 5.39. The zero-order valence-electron chi connectivity index (χ0n) is 12.4. The van der Waals surface area contributed by atoms with E-state index in [-0.39, 0.29) is 12.5 Å². The van der Waals surface area contributed by atoms with E-state index in [4.69, 9.17) is 39.5 Å². The van der Waals surface area contributed by atoms with Gasteiger partial charge in [0.25, 0.3) is 5.91 Å². The zero-order valence-corrected chi connectivity index (χ0v) is 14.6. The van der Waals surface area contributed by atoms with Crippen molar-refractivity contribution in [2.75, 3.05) is 33.3 Å². The summed E-state index contributed by atoms with van der Waals surface area (Å²) in [5, 5.41) is 4.21. The Morgan fingerprint density at radius 1 is 1.32 bits per heavy atom. The van der Waals surface area contributed by atoms with Crippen LogP contribution in [0.3, 0.4) is 0 Å². The number of rotatable bonds is 5. The first-order chi connectivity index (χ1) is 10.5. The smallest absolute Gasteiger partial charge is 0.260 e. The van der Waals surface area contributed by atoms with Gasteiger partial charge in [0.15, 0.2) is 6.61 Å². The van der Waals surface area contributed by atoms with Gasteiger partial charge in [0.1, 0.15) is 5.75 Å². The Labute approximate surface area is 145 Å². The molecule has 0 saturated carbocycles. The first kappa shape index (κ1) is 17.7. The summed E-state index contributed by atoms with van der Waals surface area (Å²) in [4.78, 5) is 14.1. The van der Waals surface area contributed by atoms with Crippen molar-refractivity contribution >= 4 is 40.7 Å². The number of piperidine rings is 1. The maximum Gasteiger partial charge on any atom is 0.260 e. The van der Waals surface area contributed by atoms with E-state index in [1.54, 1.807) is 0 Å². The molecule has 1 aromatic rings. The van der Waals surface area contributed by atoms with Crippen molar-refractivity contribution < 1.29 is 9.53 Å². The van der Waals surface area contributed by atoms with Gasteiger partial charge in [0.2, 0.25) is 0 Å². The number of carbonyl (C=O) groups is 1. The number of ether oxygens (including phenoxy) is 1. The maximum absolute atomic E-state index is 12.3. The van der Waals surface area contributed by atoms with Crippen LogP contribution in [-0.2, 0) is 4.79 Å². The Balaban J connectivity index is 1.91. The van der Waals surface area contributed by atoms with Crippen LogP contribution in [0.5, 0.6) is 5.75 Å². The molecular weight excluding hydrogens is 347 g/mol. The van der Waals surface area contributed by atoms with Crippen molar-refractivity contribution in [3.8, 4) is 5.75 Å². The summed E-state index contributed by atoms with van der Waals surface area (Å²) in [6.45, 7) is 2.41. The molecule has 0 aromatic heterocycles. The number of hydrogen-bond acceptors (Lipinski definition) is 3. The Morgan fingerprint density at radius 2 is 2.05 bits per heavy atom. The topological polar surface area (TPSA) is 41.6 Å². The molecule has 1 atom stereocenters. The Hall–Kier alpha value is -0.680. The van der Waals surface area contributed by atoms with Gasteiger partial charge in [-0.25, -0.2) is 0 Å². The van der Waals surface area contributed by atoms with E-state index in [0.717, 1.165) is 32.5 Å². The fraction of sp³-hybridized carbons (Fsp3) is 0.533. The van der Waals surface area contributed by atoms with Crippen LogP contribution >= 0.6 is 34.8 Å². The predicted octanol–water partition coefficient (Wildman–Crippen LogP) is 3.48. The predicted molar refractivity (Wildman–Crippen MR) is 90.2 cm³/mol. The monoisotopic (exact) mass is 364 g/mol. The molecule has 2 rings (SSSR count). The van der Waals surface area contributed by atoms with Crippen LogP contribution in [0.1, 0.15) is 12.8 Å². The average Bonchev–Trinajstić information content (AvgIpc) is 2.50. The minimum absolute atomic E-state index is 0.0389. The maximum atomic E-state index is 12.3. The van der Waals surface area contributed by atoms with E-state index in [2.05, 4.69) is 5.32 Å². The number of nitrogens with zero attached hydrogens (tertiary/aromatic N) is 1. The van der Waals surface area contributed by atoms with Crippen LogP contribution in [-0.4, -0.2) is 44.1 Å². The molecule has 22 heavy (non-hydrogen) atoms. The van der Waals surface area contributed by atoms with Crippen LogP contribution in [0.25, 0.3) is 0 Å². The van der Waals surface area contributed by atoms with Gasteiger partial charge in [0.05, 0.1) is 15.1 Å². The summed E-state index contributed by atoms with van der Waals surface area (Å²) in [5.41, 5.74) is 0. The van der Waals surface area contributed by atoms with Crippen LogP contribution < -0.4 is 10.1 Å². The lowest BCUT2D eigenvalue weighted by atomic mass is 9.98. The molecule has 1 aromatic carbocycles. The van der Waals surface area contributed by atoms with Crippen LogP contribution in [0.2, 0.25) is 15.1 Å². The third kappa shape index (κ3) is 4.66.